The number of H-pyrrole nitrogens is 1. The summed E-state index contributed by atoms with van der Waals surface area (Å²) in [5.74, 6) is -0.0988. The van der Waals surface area contributed by atoms with E-state index in [1.54, 1.807) is 6.07 Å². The minimum atomic E-state index is -0.510. The van der Waals surface area contributed by atoms with Crippen LogP contribution in [0.4, 0.5) is 4.39 Å². The monoisotopic (exact) mass is 252 g/mol. The van der Waals surface area contributed by atoms with Crippen LogP contribution in [-0.2, 0) is 0 Å². The maximum atomic E-state index is 13.7. The average molecular weight is 253 g/mol. The van der Waals surface area contributed by atoms with Crippen molar-refractivity contribution in [2.24, 2.45) is 0 Å². The van der Waals surface area contributed by atoms with Gasteiger partial charge in [-0.3, -0.25) is 9.89 Å². The van der Waals surface area contributed by atoms with Gasteiger partial charge in [-0.2, -0.15) is 0 Å². The van der Waals surface area contributed by atoms with Crippen molar-refractivity contribution in [3.63, 3.8) is 0 Å². The summed E-state index contributed by atoms with van der Waals surface area (Å²) in [6.07, 6.45) is 2.15. The number of hydrogen-bond donors (Lipinski definition) is 1. The quantitative estimate of drug-likeness (QED) is 0.877. The summed E-state index contributed by atoms with van der Waals surface area (Å²) in [4.78, 5) is 11.8. The second-order valence-corrected chi connectivity index (χ2v) is 4.64. The van der Waals surface area contributed by atoms with Crippen molar-refractivity contribution >= 4 is 11.6 Å². The molecule has 0 saturated heterocycles. The highest BCUT2D eigenvalue weighted by Crippen LogP contribution is 2.38. The number of aromatic nitrogens is 2. The predicted octanol–water partition coefficient (Wildman–Crippen LogP) is 2.84. The minimum Gasteiger partial charge on any atom is -0.295 e. The van der Waals surface area contributed by atoms with Crippen LogP contribution >= 0.6 is 11.6 Å². The molecule has 1 aromatic carbocycles. The number of hydrogen-bond acceptors (Lipinski definition) is 1. The Kier molecular flexibility index (Phi) is 2.33. The number of para-hydroxylation sites is 1. The van der Waals surface area contributed by atoms with Crippen LogP contribution < -0.4 is 5.56 Å². The van der Waals surface area contributed by atoms with E-state index in [4.69, 9.17) is 11.6 Å². The zero-order valence-electron chi connectivity index (χ0n) is 8.91. The lowest BCUT2D eigenvalue weighted by atomic mass is 10.3. The van der Waals surface area contributed by atoms with E-state index in [1.165, 1.54) is 22.9 Å². The summed E-state index contributed by atoms with van der Waals surface area (Å²) in [5.41, 5.74) is 0.666. The second-order valence-electron chi connectivity index (χ2n) is 4.23. The molecule has 0 radical (unpaired) electrons. The van der Waals surface area contributed by atoms with Gasteiger partial charge in [-0.15, -0.1) is 0 Å². The average Bonchev–Trinajstić information content (AvgIpc) is 3.05. The normalized spacial score (nSPS) is 15.2. The van der Waals surface area contributed by atoms with Crippen molar-refractivity contribution < 1.29 is 4.39 Å². The van der Waals surface area contributed by atoms with Gasteiger partial charge in [0, 0.05) is 17.7 Å². The highest BCUT2D eigenvalue weighted by molar-refractivity contribution is 6.32. The molecule has 3 nitrogen and oxygen atoms in total. The zero-order chi connectivity index (χ0) is 12.0. The summed E-state index contributed by atoms with van der Waals surface area (Å²) in [6, 6.07) is 5.87. The maximum Gasteiger partial charge on any atom is 0.271 e. The SMILES string of the molecule is O=c1cc(C2CC2)[nH]n1-c1c(F)cccc1Cl. The highest BCUT2D eigenvalue weighted by Gasteiger charge is 2.26. The Morgan fingerprint density at radius 1 is 1.41 bits per heavy atom. The van der Waals surface area contributed by atoms with Crippen LogP contribution in [0.5, 0.6) is 0 Å². The van der Waals surface area contributed by atoms with Crippen LogP contribution in [0.3, 0.4) is 0 Å². The molecule has 88 valence electrons. The molecular weight excluding hydrogens is 243 g/mol. The number of halogens is 2. The number of nitrogens with one attached hydrogen (secondary N) is 1. The molecule has 1 heterocycles. The largest absolute Gasteiger partial charge is 0.295 e. The molecule has 1 saturated carbocycles. The Bertz CT molecular complexity index is 607. The smallest absolute Gasteiger partial charge is 0.271 e. The molecule has 0 bridgehead atoms. The third-order valence-electron chi connectivity index (χ3n) is 2.92. The van der Waals surface area contributed by atoms with E-state index in [0.717, 1.165) is 18.5 Å². The fourth-order valence-corrected chi connectivity index (χ4v) is 2.13. The molecular formula is C12H10ClFN2O. The Labute approximate surface area is 102 Å². The third-order valence-corrected chi connectivity index (χ3v) is 3.22. The van der Waals surface area contributed by atoms with Crippen LogP contribution in [0.15, 0.2) is 29.1 Å². The van der Waals surface area contributed by atoms with Crippen LogP contribution in [0.2, 0.25) is 5.02 Å². The molecule has 0 amide bonds. The van der Waals surface area contributed by atoms with Gasteiger partial charge in [0.15, 0.2) is 0 Å². The van der Waals surface area contributed by atoms with Crippen LogP contribution in [0.1, 0.15) is 24.5 Å². The van der Waals surface area contributed by atoms with Gasteiger partial charge in [0.25, 0.3) is 5.56 Å². The molecule has 0 unspecified atom stereocenters. The first-order valence-electron chi connectivity index (χ1n) is 5.43. The van der Waals surface area contributed by atoms with E-state index in [0.29, 0.717) is 5.92 Å². The number of benzene rings is 1. The summed E-state index contributed by atoms with van der Waals surface area (Å²) in [6.45, 7) is 0. The fraction of sp³-hybridized carbons (Fsp3) is 0.250. The zero-order valence-corrected chi connectivity index (χ0v) is 9.67. The Hall–Kier alpha value is -1.55. The van der Waals surface area contributed by atoms with Crippen molar-refractivity contribution in [1.29, 1.82) is 0 Å². The van der Waals surface area contributed by atoms with Crippen molar-refractivity contribution in [3.05, 3.63) is 51.2 Å². The predicted molar refractivity (Wildman–Crippen MR) is 63.3 cm³/mol. The van der Waals surface area contributed by atoms with Gasteiger partial charge in [-0.05, 0) is 25.0 Å². The maximum absolute atomic E-state index is 13.7. The van der Waals surface area contributed by atoms with Gasteiger partial charge >= 0.3 is 0 Å². The first kappa shape index (κ1) is 10.6. The summed E-state index contributed by atoms with van der Waals surface area (Å²) in [7, 11) is 0. The van der Waals surface area contributed by atoms with Gasteiger partial charge in [-0.1, -0.05) is 17.7 Å². The van der Waals surface area contributed by atoms with E-state index < -0.39 is 5.82 Å². The lowest BCUT2D eigenvalue weighted by Crippen LogP contribution is -2.15. The lowest BCUT2D eigenvalue weighted by molar-refractivity contribution is 0.607. The second kappa shape index (κ2) is 3.74. The molecule has 0 aliphatic heterocycles. The molecule has 5 heteroatoms. The van der Waals surface area contributed by atoms with Gasteiger partial charge in [0.2, 0.25) is 0 Å². The molecule has 3 rings (SSSR count). The van der Waals surface area contributed by atoms with Crippen LogP contribution in [-0.4, -0.2) is 9.78 Å². The topological polar surface area (TPSA) is 37.8 Å². The first-order chi connectivity index (χ1) is 8.16. The molecule has 2 aromatic rings. The molecule has 1 N–H and O–H groups in total. The van der Waals surface area contributed by atoms with E-state index >= 15 is 0 Å². The van der Waals surface area contributed by atoms with E-state index in [-0.39, 0.29) is 16.3 Å². The molecule has 1 aliphatic rings. The number of nitrogens with zero attached hydrogens (tertiary/aromatic N) is 1. The van der Waals surface area contributed by atoms with Gasteiger partial charge < -0.3 is 0 Å². The van der Waals surface area contributed by atoms with Gasteiger partial charge in [0.1, 0.15) is 11.5 Å². The molecule has 1 aliphatic carbocycles. The lowest BCUT2D eigenvalue weighted by Gasteiger charge is -2.05. The minimum absolute atomic E-state index is 0.0890. The van der Waals surface area contributed by atoms with E-state index in [1.807, 2.05) is 0 Å². The molecule has 17 heavy (non-hydrogen) atoms. The number of aromatic amines is 1. The van der Waals surface area contributed by atoms with Crippen LogP contribution in [0.25, 0.3) is 5.69 Å². The highest BCUT2D eigenvalue weighted by atomic mass is 35.5. The molecule has 1 fully saturated rings. The summed E-state index contributed by atoms with van der Waals surface area (Å²) in [5, 5.41) is 3.14. The Balaban J connectivity index is 2.17. The molecule has 0 spiro atoms. The van der Waals surface area contributed by atoms with Crippen molar-refractivity contribution in [3.8, 4) is 5.69 Å². The molecule has 1 aromatic heterocycles. The Morgan fingerprint density at radius 2 is 2.18 bits per heavy atom. The third kappa shape index (κ3) is 1.78. The Morgan fingerprint density at radius 3 is 2.82 bits per heavy atom. The van der Waals surface area contributed by atoms with E-state index in [9.17, 15) is 9.18 Å². The first-order valence-corrected chi connectivity index (χ1v) is 5.81. The van der Waals surface area contributed by atoms with Crippen molar-refractivity contribution in [2.75, 3.05) is 0 Å². The van der Waals surface area contributed by atoms with Gasteiger partial charge in [0.05, 0.1) is 5.02 Å². The summed E-state index contributed by atoms with van der Waals surface area (Å²) < 4.78 is 14.8. The number of rotatable bonds is 2. The van der Waals surface area contributed by atoms with E-state index in [2.05, 4.69) is 5.10 Å². The standard InChI is InChI=1S/C12H10ClFN2O/c13-8-2-1-3-9(14)12(8)16-11(17)6-10(15-16)7-4-5-7/h1-3,6-7,15H,4-5H2. The fourth-order valence-electron chi connectivity index (χ4n) is 1.89. The van der Waals surface area contributed by atoms with Gasteiger partial charge in [-0.25, -0.2) is 9.07 Å². The summed E-state index contributed by atoms with van der Waals surface area (Å²) >= 11 is 5.92. The molecule has 0 atom stereocenters. The van der Waals surface area contributed by atoms with Crippen molar-refractivity contribution in [2.45, 2.75) is 18.8 Å². The van der Waals surface area contributed by atoms with Crippen molar-refractivity contribution in [1.82, 2.24) is 9.78 Å². The van der Waals surface area contributed by atoms with Crippen LogP contribution in [0, 0.1) is 5.82 Å².